The highest BCUT2D eigenvalue weighted by atomic mass is 35.5. The van der Waals surface area contributed by atoms with Crippen LogP contribution in [0.15, 0.2) is 18.2 Å². The number of rotatable bonds is 3. The van der Waals surface area contributed by atoms with Gasteiger partial charge in [0.2, 0.25) is 0 Å². The first kappa shape index (κ1) is 13.0. The average Bonchev–Trinajstić information content (AvgIpc) is 2.26. The fraction of sp³-hybridized carbons (Fsp3) is 0.500. The lowest BCUT2D eigenvalue weighted by Crippen LogP contribution is -2.38. The molecule has 88 valence electrons. The maximum absolute atomic E-state index is 12.0. The van der Waals surface area contributed by atoms with Crippen LogP contribution in [0.2, 0.25) is 5.15 Å². The summed E-state index contributed by atoms with van der Waals surface area (Å²) < 4.78 is 0. The Morgan fingerprint density at radius 1 is 1.38 bits per heavy atom. The lowest BCUT2D eigenvalue weighted by Gasteiger charge is -2.27. The number of hydrogen-bond acceptors (Lipinski definition) is 2. The van der Waals surface area contributed by atoms with Crippen LogP contribution in [-0.2, 0) is 0 Å². The van der Waals surface area contributed by atoms with E-state index in [-0.39, 0.29) is 11.9 Å². The third kappa shape index (κ3) is 2.95. The Kier molecular flexibility index (Phi) is 4.30. The van der Waals surface area contributed by atoms with Crippen LogP contribution < -0.4 is 0 Å². The summed E-state index contributed by atoms with van der Waals surface area (Å²) >= 11 is 5.75. The van der Waals surface area contributed by atoms with Gasteiger partial charge in [-0.25, -0.2) is 4.98 Å². The number of carbonyl (C=O) groups is 1. The summed E-state index contributed by atoms with van der Waals surface area (Å²) in [6.07, 6.45) is 0. The fourth-order valence-electron chi connectivity index (χ4n) is 1.34. The molecule has 1 aromatic heterocycles. The molecular formula is C12H17ClN2O. The third-order valence-corrected chi connectivity index (χ3v) is 3.04. The fourth-order valence-corrected chi connectivity index (χ4v) is 1.50. The van der Waals surface area contributed by atoms with Crippen molar-refractivity contribution in [2.45, 2.75) is 26.8 Å². The molecule has 0 aromatic carbocycles. The number of hydrogen-bond donors (Lipinski definition) is 0. The Bertz CT molecular complexity index is 379. The Hall–Kier alpha value is -1.09. The van der Waals surface area contributed by atoms with Gasteiger partial charge in [0, 0.05) is 13.1 Å². The summed E-state index contributed by atoms with van der Waals surface area (Å²) in [5.74, 6) is 0.317. The molecule has 0 saturated carbocycles. The Morgan fingerprint density at radius 3 is 2.50 bits per heavy atom. The molecular weight excluding hydrogens is 224 g/mol. The topological polar surface area (TPSA) is 33.2 Å². The van der Waals surface area contributed by atoms with Crippen molar-refractivity contribution in [2.24, 2.45) is 5.92 Å². The highest BCUT2D eigenvalue weighted by Gasteiger charge is 2.20. The summed E-state index contributed by atoms with van der Waals surface area (Å²) in [7, 11) is 1.79. The van der Waals surface area contributed by atoms with Gasteiger partial charge in [0.15, 0.2) is 0 Å². The minimum absolute atomic E-state index is 0.0938. The van der Waals surface area contributed by atoms with Crippen LogP contribution in [0, 0.1) is 5.92 Å². The molecule has 1 rings (SSSR count). The number of nitrogens with zero attached hydrogens (tertiary/aromatic N) is 2. The largest absolute Gasteiger partial charge is 0.337 e. The monoisotopic (exact) mass is 240 g/mol. The minimum atomic E-state index is -0.0938. The van der Waals surface area contributed by atoms with Crippen molar-refractivity contribution < 1.29 is 4.79 Å². The van der Waals surface area contributed by atoms with E-state index in [1.165, 1.54) is 0 Å². The number of halogens is 1. The van der Waals surface area contributed by atoms with Crippen molar-refractivity contribution in [3.05, 3.63) is 29.0 Å². The van der Waals surface area contributed by atoms with Gasteiger partial charge in [0.05, 0.1) is 0 Å². The lowest BCUT2D eigenvalue weighted by molar-refractivity contribution is 0.0701. The number of aromatic nitrogens is 1. The smallest absolute Gasteiger partial charge is 0.272 e. The van der Waals surface area contributed by atoms with Gasteiger partial charge in [-0.1, -0.05) is 31.5 Å². The molecule has 0 bridgehead atoms. The quantitative estimate of drug-likeness (QED) is 0.762. The van der Waals surface area contributed by atoms with Gasteiger partial charge in [-0.05, 0) is 25.0 Å². The Labute approximate surface area is 101 Å². The molecule has 4 heteroatoms. The highest BCUT2D eigenvalue weighted by Crippen LogP contribution is 2.12. The molecule has 1 heterocycles. The number of amides is 1. The summed E-state index contributed by atoms with van der Waals surface area (Å²) in [6, 6.07) is 5.24. The number of pyridine rings is 1. The summed E-state index contributed by atoms with van der Waals surface area (Å²) in [6.45, 7) is 6.19. The minimum Gasteiger partial charge on any atom is -0.337 e. The van der Waals surface area contributed by atoms with Gasteiger partial charge in [-0.3, -0.25) is 4.79 Å². The second-order valence-electron chi connectivity index (χ2n) is 4.25. The zero-order chi connectivity index (χ0) is 12.3. The van der Waals surface area contributed by atoms with Crippen molar-refractivity contribution in [1.82, 2.24) is 9.88 Å². The zero-order valence-electron chi connectivity index (χ0n) is 10.1. The molecule has 0 aliphatic heterocycles. The van der Waals surface area contributed by atoms with Crippen LogP contribution in [-0.4, -0.2) is 28.9 Å². The molecule has 0 N–H and O–H groups in total. The molecule has 1 unspecified atom stereocenters. The van der Waals surface area contributed by atoms with Crippen molar-refractivity contribution in [2.75, 3.05) is 7.05 Å². The Morgan fingerprint density at radius 2 is 2.00 bits per heavy atom. The van der Waals surface area contributed by atoms with Crippen LogP contribution in [0.5, 0.6) is 0 Å². The van der Waals surface area contributed by atoms with Gasteiger partial charge in [-0.2, -0.15) is 0 Å². The van der Waals surface area contributed by atoms with E-state index in [1.54, 1.807) is 30.1 Å². The van der Waals surface area contributed by atoms with Crippen LogP contribution in [0.3, 0.4) is 0 Å². The van der Waals surface area contributed by atoms with E-state index in [0.29, 0.717) is 16.8 Å². The van der Waals surface area contributed by atoms with E-state index in [1.807, 2.05) is 6.92 Å². The lowest BCUT2D eigenvalue weighted by atomic mass is 10.1. The molecule has 0 saturated heterocycles. The standard InChI is InChI=1S/C12H17ClN2O/c1-8(2)9(3)15(4)12(16)10-6-5-7-11(13)14-10/h5-9H,1-4H3. The first-order chi connectivity index (χ1) is 7.43. The maximum Gasteiger partial charge on any atom is 0.272 e. The van der Waals surface area contributed by atoms with E-state index < -0.39 is 0 Å². The molecule has 1 amide bonds. The SMILES string of the molecule is CC(C)C(C)N(C)C(=O)c1cccc(Cl)n1. The second-order valence-corrected chi connectivity index (χ2v) is 4.63. The van der Waals surface area contributed by atoms with Crippen molar-refractivity contribution in [1.29, 1.82) is 0 Å². The predicted molar refractivity (Wildman–Crippen MR) is 65.6 cm³/mol. The van der Waals surface area contributed by atoms with Crippen molar-refractivity contribution in [3.63, 3.8) is 0 Å². The molecule has 16 heavy (non-hydrogen) atoms. The van der Waals surface area contributed by atoms with Gasteiger partial charge < -0.3 is 4.90 Å². The highest BCUT2D eigenvalue weighted by molar-refractivity contribution is 6.29. The van der Waals surface area contributed by atoms with Crippen molar-refractivity contribution >= 4 is 17.5 Å². The predicted octanol–water partition coefficient (Wildman–Crippen LogP) is 2.85. The molecule has 0 radical (unpaired) electrons. The van der Waals surface area contributed by atoms with Crippen LogP contribution in [0.4, 0.5) is 0 Å². The van der Waals surface area contributed by atoms with Gasteiger partial charge in [0.25, 0.3) is 5.91 Å². The van der Waals surface area contributed by atoms with Gasteiger partial charge in [0.1, 0.15) is 10.8 Å². The number of carbonyl (C=O) groups excluding carboxylic acids is 1. The molecule has 3 nitrogen and oxygen atoms in total. The van der Waals surface area contributed by atoms with E-state index in [0.717, 1.165) is 0 Å². The van der Waals surface area contributed by atoms with Crippen LogP contribution in [0.25, 0.3) is 0 Å². The second kappa shape index (κ2) is 5.30. The molecule has 0 aliphatic carbocycles. The zero-order valence-corrected chi connectivity index (χ0v) is 10.8. The molecule has 1 aromatic rings. The van der Waals surface area contributed by atoms with Crippen LogP contribution in [0.1, 0.15) is 31.3 Å². The summed E-state index contributed by atoms with van der Waals surface area (Å²) in [5, 5.41) is 0.344. The van der Waals surface area contributed by atoms with Gasteiger partial charge >= 0.3 is 0 Å². The van der Waals surface area contributed by atoms with Gasteiger partial charge in [-0.15, -0.1) is 0 Å². The first-order valence-corrected chi connectivity index (χ1v) is 5.71. The van der Waals surface area contributed by atoms with Crippen molar-refractivity contribution in [3.8, 4) is 0 Å². The molecule has 0 fully saturated rings. The van der Waals surface area contributed by atoms with E-state index in [4.69, 9.17) is 11.6 Å². The molecule has 1 atom stereocenters. The summed E-state index contributed by atoms with van der Waals surface area (Å²) in [5.41, 5.74) is 0.391. The average molecular weight is 241 g/mol. The summed E-state index contributed by atoms with van der Waals surface area (Å²) in [4.78, 5) is 17.8. The van der Waals surface area contributed by atoms with Crippen LogP contribution >= 0.6 is 11.6 Å². The maximum atomic E-state index is 12.0. The normalized spacial score (nSPS) is 12.6. The Balaban J connectivity index is 2.86. The third-order valence-electron chi connectivity index (χ3n) is 2.83. The van der Waals surface area contributed by atoms with E-state index >= 15 is 0 Å². The van der Waals surface area contributed by atoms with E-state index in [2.05, 4.69) is 18.8 Å². The molecule has 0 aliphatic rings. The van der Waals surface area contributed by atoms with E-state index in [9.17, 15) is 4.79 Å². The molecule has 0 spiro atoms. The first-order valence-electron chi connectivity index (χ1n) is 5.33.